The van der Waals surface area contributed by atoms with Gasteiger partial charge in [0.15, 0.2) is 0 Å². The minimum Gasteiger partial charge on any atom is -0.343 e. The summed E-state index contributed by atoms with van der Waals surface area (Å²) in [5.74, 6) is -0.303. The fourth-order valence-corrected chi connectivity index (χ4v) is 4.74. The van der Waals surface area contributed by atoms with Gasteiger partial charge in [-0.2, -0.15) is 0 Å². The number of amides is 1. The molecule has 1 atom stereocenters. The molecule has 27 heavy (non-hydrogen) atoms. The van der Waals surface area contributed by atoms with Gasteiger partial charge >= 0.3 is 0 Å². The lowest BCUT2D eigenvalue weighted by Crippen LogP contribution is -2.52. The molecule has 0 spiro atoms. The minimum absolute atomic E-state index is 0.216. The lowest BCUT2D eigenvalue weighted by Gasteiger charge is -2.42. The third-order valence-electron chi connectivity index (χ3n) is 5.27. The number of benzene rings is 2. The summed E-state index contributed by atoms with van der Waals surface area (Å²) >= 11 is 18.5. The highest BCUT2D eigenvalue weighted by atomic mass is 35.5. The molecule has 0 radical (unpaired) electrons. The summed E-state index contributed by atoms with van der Waals surface area (Å²) in [7, 11) is 0. The van der Waals surface area contributed by atoms with Crippen molar-refractivity contribution in [1.29, 1.82) is 0 Å². The lowest BCUT2D eigenvalue weighted by atomic mass is 9.86. The largest absolute Gasteiger partial charge is 0.343 e. The third-order valence-corrected chi connectivity index (χ3v) is 6.08. The van der Waals surface area contributed by atoms with Gasteiger partial charge in [-0.05, 0) is 57.5 Å². The standard InChI is InChI=1S/C21H23Cl3N2O/c1-21(2,26-10-6-7-11-26)19(14-8-4-3-5-9-14)25-20(27)18-16(23)12-15(22)13-17(18)24/h3-5,8-9,12-13,19H,6-7,10-11H2,1-2H3,(H,25,27). The quantitative estimate of drug-likeness (QED) is 0.638. The van der Waals surface area contributed by atoms with Gasteiger partial charge in [0.1, 0.15) is 0 Å². The van der Waals surface area contributed by atoms with E-state index in [4.69, 9.17) is 34.8 Å². The molecule has 1 aliphatic heterocycles. The van der Waals surface area contributed by atoms with Gasteiger partial charge < -0.3 is 5.32 Å². The first kappa shape index (κ1) is 20.5. The van der Waals surface area contributed by atoms with E-state index < -0.39 is 0 Å². The first-order valence-electron chi connectivity index (χ1n) is 9.06. The second-order valence-corrected chi connectivity index (χ2v) is 8.66. The minimum atomic E-state index is -0.303. The van der Waals surface area contributed by atoms with Crippen molar-refractivity contribution < 1.29 is 4.79 Å². The van der Waals surface area contributed by atoms with Crippen molar-refractivity contribution in [3.05, 3.63) is 68.7 Å². The number of carbonyl (C=O) groups excluding carboxylic acids is 1. The molecular weight excluding hydrogens is 403 g/mol. The molecule has 1 aliphatic rings. The molecule has 3 nitrogen and oxygen atoms in total. The second kappa shape index (κ2) is 8.40. The van der Waals surface area contributed by atoms with Crippen molar-refractivity contribution >= 4 is 40.7 Å². The van der Waals surface area contributed by atoms with Crippen molar-refractivity contribution in [3.63, 3.8) is 0 Å². The van der Waals surface area contributed by atoms with Crippen LogP contribution in [0.4, 0.5) is 0 Å². The first-order valence-corrected chi connectivity index (χ1v) is 10.2. The Bertz CT molecular complexity index is 794. The second-order valence-electron chi connectivity index (χ2n) is 7.41. The van der Waals surface area contributed by atoms with Crippen LogP contribution in [0.5, 0.6) is 0 Å². The van der Waals surface area contributed by atoms with E-state index in [1.807, 2.05) is 30.3 Å². The van der Waals surface area contributed by atoms with Crippen molar-refractivity contribution in [3.8, 4) is 0 Å². The van der Waals surface area contributed by atoms with Gasteiger partial charge in [0, 0.05) is 10.6 Å². The molecule has 1 N–H and O–H groups in total. The molecule has 2 aromatic carbocycles. The lowest BCUT2D eigenvalue weighted by molar-refractivity contribution is 0.0779. The summed E-state index contributed by atoms with van der Waals surface area (Å²) in [6, 6.07) is 12.9. The number of nitrogens with zero attached hydrogens (tertiary/aromatic N) is 1. The van der Waals surface area contributed by atoms with Gasteiger partial charge in [0.25, 0.3) is 5.91 Å². The van der Waals surface area contributed by atoms with Crippen LogP contribution in [0, 0.1) is 0 Å². The number of carbonyl (C=O) groups is 1. The molecule has 0 saturated carbocycles. The highest BCUT2D eigenvalue weighted by Crippen LogP contribution is 2.35. The first-order chi connectivity index (χ1) is 12.8. The molecule has 3 rings (SSSR count). The molecule has 1 unspecified atom stereocenters. The maximum absolute atomic E-state index is 13.1. The SMILES string of the molecule is CC(C)(C(NC(=O)c1c(Cl)cc(Cl)cc1Cl)c1ccccc1)N1CCCC1. The van der Waals surface area contributed by atoms with Crippen LogP contribution in [0.25, 0.3) is 0 Å². The van der Waals surface area contributed by atoms with Gasteiger partial charge in [-0.3, -0.25) is 9.69 Å². The summed E-state index contributed by atoms with van der Waals surface area (Å²) in [6.07, 6.45) is 2.35. The van der Waals surface area contributed by atoms with E-state index in [2.05, 4.69) is 24.1 Å². The van der Waals surface area contributed by atoms with Crippen LogP contribution in [0.1, 0.15) is 48.7 Å². The van der Waals surface area contributed by atoms with E-state index in [9.17, 15) is 4.79 Å². The van der Waals surface area contributed by atoms with Crippen LogP contribution in [0.3, 0.4) is 0 Å². The molecule has 0 aliphatic carbocycles. The Balaban J connectivity index is 1.96. The molecule has 0 aromatic heterocycles. The highest BCUT2D eigenvalue weighted by molar-refractivity contribution is 6.42. The van der Waals surface area contributed by atoms with Crippen LogP contribution >= 0.6 is 34.8 Å². The van der Waals surface area contributed by atoms with Crippen molar-refractivity contribution in [1.82, 2.24) is 10.2 Å². The molecule has 1 fully saturated rings. The predicted octanol–water partition coefficient (Wildman–Crippen LogP) is 5.99. The summed E-state index contributed by atoms with van der Waals surface area (Å²) in [4.78, 5) is 15.5. The molecule has 6 heteroatoms. The van der Waals surface area contributed by atoms with Crippen molar-refractivity contribution in [2.24, 2.45) is 0 Å². The van der Waals surface area contributed by atoms with Crippen LogP contribution in [0.15, 0.2) is 42.5 Å². The van der Waals surface area contributed by atoms with E-state index in [1.165, 1.54) is 25.0 Å². The number of rotatable bonds is 5. The predicted molar refractivity (Wildman–Crippen MR) is 113 cm³/mol. The van der Waals surface area contributed by atoms with Gasteiger partial charge in [0.2, 0.25) is 0 Å². The molecular formula is C21H23Cl3N2O. The molecule has 1 amide bonds. The van der Waals surface area contributed by atoms with E-state index in [0.29, 0.717) is 5.02 Å². The topological polar surface area (TPSA) is 32.3 Å². The van der Waals surface area contributed by atoms with Crippen LogP contribution < -0.4 is 5.32 Å². The maximum Gasteiger partial charge on any atom is 0.254 e. The Hall–Kier alpha value is -1.26. The molecule has 1 saturated heterocycles. The number of likely N-dealkylation sites (tertiary alicyclic amines) is 1. The summed E-state index contributed by atoms with van der Waals surface area (Å²) in [6.45, 7) is 6.38. The number of hydrogen-bond donors (Lipinski definition) is 1. The van der Waals surface area contributed by atoms with E-state index in [0.717, 1.165) is 18.7 Å². The number of nitrogens with one attached hydrogen (secondary N) is 1. The molecule has 0 bridgehead atoms. The van der Waals surface area contributed by atoms with Crippen LogP contribution in [-0.4, -0.2) is 29.4 Å². The summed E-state index contributed by atoms with van der Waals surface area (Å²) in [5.41, 5.74) is 1.03. The van der Waals surface area contributed by atoms with Gasteiger partial charge in [-0.15, -0.1) is 0 Å². The fourth-order valence-electron chi connectivity index (χ4n) is 3.75. The smallest absolute Gasteiger partial charge is 0.254 e. The summed E-state index contributed by atoms with van der Waals surface area (Å²) in [5, 5.41) is 4.07. The Kier molecular flexibility index (Phi) is 6.37. The average Bonchev–Trinajstić information content (AvgIpc) is 3.15. The Morgan fingerprint density at radius 1 is 1.04 bits per heavy atom. The van der Waals surface area contributed by atoms with Gasteiger partial charge in [0.05, 0.1) is 21.7 Å². The fraction of sp³-hybridized carbons (Fsp3) is 0.381. The zero-order chi connectivity index (χ0) is 19.6. The number of hydrogen-bond acceptors (Lipinski definition) is 2. The molecule has 144 valence electrons. The zero-order valence-corrected chi connectivity index (χ0v) is 17.7. The van der Waals surface area contributed by atoms with E-state index in [-0.39, 0.29) is 33.1 Å². The van der Waals surface area contributed by atoms with E-state index in [1.54, 1.807) is 0 Å². The highest BCUT2D eigenvalue weighted by Gasteiger charge is 2.39. The van der Waals surface area contributed by atoms with Crippen LogP contribution in [0.2, 0.25) is 15.1 Å². The van der Waals surface area contributed by atoms with Crippen molar-refractivity contribution in [2.45, 2.75) is 38.3 Å². The van der Waals surface area contributed by atoms with Gasteiger partial charge in [-0.25, -0.2) is 0 Å². The van der Waals surface area contributed by atoms with Gasteiger partial charge in [-0.1, -0.05) is 65.1 Å². The Labute approximate surface area is 175 Å². The van der Waals surface area contributed by atoms with Crippen molar-refractivity contribution in [2.75, 3.05) is 13.1 Å². The maximum atomic E-state index is 13.1. The van der Waals surface area contributed by atoms with E-state index >= 15 is 0 Å². The normalized spacial score (nSPS) is 16.3. The molecule has 1 heterocycles. The zero-order valence-electron chi connectivity index (χ0n) is 15.4. The Morgan fingerprint density at radius 2 is 1.59 bits per heavy atom. The monoisotopic (exact) mass is 424 g/mol. The third kappa shape index (κ3) is 4.43. The van der Waals surface area contributed by atoms with Crippen LogP contribution in [-0.2, 0) is 0 Å². The number of halogens is 3. The summed E-state index contributed by atoms with van der Waals surface area (Å²) < 4.78 is 0. The Morgan fingerprint density at radius 3 is 2.15 bits per heavy atom. The average molecular weight is 426 g/mol. The molecule has 2 aromatic rings.